The fourth-order valence-corrected chi connectivity index (χ4v) is 3.02. The van der Waals surface area contributed by atoms with Gasteiger partial charge < -0.3 is 10.6 Å². The molecular formula is C9H11N3S. The molecule has 0 aromatic heterocycles. The van der Waals surface area contributed by atoms with Crippen LogP contribution in [0.2, 0.25) is 0 Å². The molecule has 4 heteroatoms. The summed E-state index contributed by atoms with van der Waals surface area (Å²) in [7, 11) is 0. The van der Waals surface area contributed by atoms with E-state index < -0.39 is 0 Å². The van der Waals surface area contributed by atoms with Crippen molar-refractivity contribution in [2.45, 2.75) is 12.5 Å². The molecule has 1 atom stereocenters. The van der Waals surface area contributed by atoms with Crippen LogP contribution in [0.3, 0.4) is 0 Å². The van der Waals surface area contributed by atoms with Crippen LogP contribution in [-0.2, 0) is 0 Å². The van der Waals surface area contributed by atoms with E-state index in [4.69, 9.17) is 5.73 Å². The van der Waals surface area contributed by atoms with Gasteiger partial charge in [-0.1, -0.05) is 17.8 Å². The second kappa shape index (κ2) is 2.62. The maximum Gasteiger partial charge on any atom is 0.168 e. The number of rotatable bonds is 0. The minimum absolute atomic E-state index is 0.194. The third-order valence-electron chi connectivity index (χ3n) is 2.54. The number of thioether (sulfide) groups is 1. The van der Waals surface area contributed by atoms with Crippen molar-refractivity contribution in [3.8, 4) is 0 Å². The Kier molecular flexibility index (Phi) is 1.54. The molecule has 3 aliphatic rings. The van der Waals surface area contributed by atoms with Crippen LogP contribution in [0.4, 0.5) is 0 Å². The Hall–Kier alpha value is -0.740. The van der Waals surface area contributed by atoms with Crippen LogP contribution in [0.25, 0.3) is 0 Å². The van der Waals surface area contributed by atoms with Crippen molar-refractivity contribution in [2.75, 3.05) is 13.1 Å². The first-order chi connectivity index (χ1) is 6.34. The van der Waals surface area contributed by atoms with E-state index >= 15 is 0 Å². The van der Waals surface area contributed by atoms with Gasteiger partial charge in [0.15, 0.2) is 5.17 Å². The molecule has 3 nitrogen and oxygen atoms in total. The summed E-state index contributed by atoms with van der Waals surface area (Å²) < 4.78 is 0. The molecule has 68 valence electrons. The predicted molar refractivity (Wildman–Crippen MR) is 55.4 cm³/mol. The molecule has 0 saturated heterocycles. The van der Waals surface area contributed by atoms with Crippen LogP contribution in [0.5, 0.6) is 0 Å². The molecule has 1 aliphatic carbocycles. The summed E-state index contributed by atoms with van der Waals surface area (Å²) in [5.74, 6) is 0. The van der Waals surface area contributed by atoms with E-state index in [-0.39, 0.29) is 6.04 Å². The first-order valence-corrected chi connectivity index (χ1v) is 5.33. The van der Waals surface area contributed by atoms with E-state index in [1.54, 1.807) is 11.8 Å². The topological polar surface area (TPSA) is 41.6 Å². The van der Waals surface area contributed by atoms with Gasteiger partial charge in [0.2, 0.25) is 0 Å². The van der Waals surface area contributed by atoms with E-state index in [0.29, 0.717) is 0 Å². The van der Waals surface area contributed by atoms with Crippen LogP contribution < -0.4 is 5.73 Å². The summed E-state index contributed by atoms with van der Waals surface area (Å²) in [6.45, 7) is 1.99. The van der Waals surface area contributed by atoms with Crippen molar-refractivity contribution in [1.82, 2.24) is 4.90 Å². The van der Waals surface area contributed by atoms with E-state index in [9.17, 15) is 0 Å². The molecular weight excluding hydrogens is 182 g/mol. The van der Waals surface area contributed by atoms with Gasteiger partial charge in [0.1, 0.15) is 0 Å². The predicted octanol–water partition coefficient (Wildman–Crippen LogP) is 0.904. The monoisotopic (exact) mass is 193 g/mol. The highest BCUT2D eigenvalue weighted by Gasteiger charge is 2.32. The van der Waals surface area contributed by atoms with Gasteiger partial charge in [0.05, 0.1) is 6.54 Å². The summed E-state index contributed by atoms with van der Waals surface area (Å²) in [6.07, 6.45) is 5.18. The molecule has 0 aromatic rings. The van der Waals surface area contributed by atoms with E-state index in [2.05, 4.69) is 22.0 Å². The summed E-state index contributed by atoms with van der Waals surface area (Å²) in [6, 6.07) is 0.194. The maximum atomic E-state index is 5.88. The number of nitrogens with zero attached hydrogens (tertiary/aromatic N) is 2. The normalized spacial score (nSPS) is 30.7. The first-order valence-electron chi connectivity index (χ1n) is 4.51. The molecule has 3 rings (SSSR count). The van der Waals surface area contributed by atoms with Crippen molar-refractivity contribution in [3.05, 3.63) is 22.8 Å². The summed E-state index contributed by atoms with van der Waals surface area (Å²) in [5, 5.41) is 1.17. The third-order valence-corrected chi connectivity index (χ3v) is 3.66. The summed E-state index contributed by atoms with van der Waals surface area (Å²) >= 11 is 1.78. The lowest BCUT2D eigenvalue weighted by Crippen LogP contribution is -2.27. The largest absolute Gasteiger partial charge is 0.324 e. The Morgan fingerprint density at radius 1 is 1.62 bits per heavy atom. The van der Waals surface area contributed by atoms with Crippen molar-refractivity contribution in [2.24, 2.45) is 10.7 Å². The van der Waals surface area contributed by atoms with E-state index in [1.807, 2.05) is 0 Å². The van der Waals surface area contributed by atoms with Crippen LogP contribution in [-0.4, -0.2) is 29.2 Å². The van der Waals surface area contributed by atoms with Crippen LogP contribution in [0, 0.1) is 0 Å². The number of aliphatic imine (C=N–C) groups is 1. The van der Waals surface area contributed by atoms with Gasteiger partial charge in [-0.05, 0) is 6.08 Å². The molecule has 0 bridgehead atoms. The van der Waals surface area contributed by atoms with Gasteiger partial charge in [-0.15, -0.1) is 0 Å². The van der Waals surface area contributed by atoms with E-state index in [0.717, 1.165) is 19.5 Å². The van der Waals surface area contributed by atoms with Crippen LogP contribution in [0.15, 0.2) is 27.7 Å². The average molecular weight is 193 g/mol. The maximum absolute atomic E-state index is 5.88. The molecule has 2 N–H and O–H groups in total. The first kappa shape index (κ1) is 7.64. The molecule has 0 aromatic carbocycles. The lowest BCUT2D eigenvalue weighted by Gasteiger charge is -2.20. The van der Waals surface area contributed by atoms with Gasteiger partial charge in [-0.2, -0.15) is 0 Å². The van der Waals surface area contributed by atoms with Gasteiger partial charge in [-0.25, -0.2) is 0 Å². The minimum atomic E-state index is 0.194. The van der Waals surface area contributed by atoms with Gasteiger partial charge in [-0.3, -0.25) is 4.99 Å². The molecule has 0 spiro atoms. The standard InChI is InChI=1S/C9H11N3S/c10-6-1-2-8-7(5-6)12-4-3-11-9(12)13-8/h1-2,6H,3-5,10H2. The minimum Gasteiger partial charge on any atom is -0.324 e. The van der Waals surface area contributed by atoms with Crippen molar-refractivity contribution in [3.63, 3.8) is 0 Å². The van der Waals surface area contributed by atoms with Gasteiger partial charge in [0, 0.05) is 29.6 Å². The SMILES string of the molecule is NC1C=CC2=C(C1)N1CCN=C1S2. The number of hydrogen-bond acceptors (Lipinski definition) is 4. The number of nitrogens with two attached hydrogens (primary N) is 1. The van der Waals surface area contributed by atoms with Crippen molar-refractivity contribution in [1.29, 1.82) is 0 Å². The van der Waals surface area contributed by atoms with Gasteiger partial charge in [0.25, 0.3) is 0 Å². The molecule has 2 aliphatic heterocycles. The zero-order valence-corrected chi connectivity index (χ0v) is 8.05. The second-order valence-corrected chi connectivity index (χ2v) is 4.47. The number of allylic oxidation sites excluding steroid dienone is 1. The molecule has 1 unspecified atom stereocenters. The zero-order valence-electron chi connectivity index (χ0n) is 7.23. The molecule has 0 radical (unpaired) electrons. The highest BCUT2D eigenvalue weighted by atomic mass is 32.2. The molecule has 2 heterocycles. The lowest BCUT2D eigenvalue weighted by atomic mass is 10.1. The lowest BCUT2D eigenvalue weighted by molar-refractivity contribution is 0.527. The van der Waals surface area contributed by atoms with Crippen molar-refractivity contribution < 1.29 is 0 Å². The zero-order chi connectivity index (χ0) is 8.84. The molecule has 0 amide bonds. The Morgan fingerprint density at radius 3 is 3.46 bits per heavy atom. The Balaban J connectivity index is 1.98. The second-order valence-electron chi connectivity index (χ2n) is 3.46. The Bertz CT molecular complexity index is 343. The fraction of sp³-hybridized carbons (Fsp3) is 0.444. The highest BCUT2D eigenvalue weighted by Crippen LogP contribution is 2.40. The highest BCUT2D eigenvalue weighted by molar-refractivity contribution is 8.17. The summed E-state index contributed by atoms with van der Waals surface area (Å²) in [4.78, 5) is 8.09. The summed E-state index contributed by atoms with van der Waals surface area (Å²) in [5.41, 5.74) is 7.26. The van der Waals surface area contributed by atoms with Crippen LogP contribution in [0.1, 0.15) is 6.42 Å². The van der Waals surface area contributed by atoms with Gasteiger partial charge >= 0.3 is 0 Å². The quantitative estimate of drug-likeness (QED) is 0.621. The molecule has 0 saturated carbocycles. The molecule has 13 heavy (non-hydrogen) atoms. The smallest absolute Gasteiger partial charge is 0.168 e. The average Bonchev–Trinajstić information content (AvgIpc) is 2.64. The Morgan fingerprint density at radius 2 is 2.54 bits per heavy atom. The fourth-order valence-electron chi connectivity index (χ4n) is 1.90. The number of amidine groups is 1. The molecule has 0 fully saturated rings. The number of fused-ring (bicyclic) bond motifs is 2. The van der Waals surface area contributed by atoms with Crippen molar-refractivity contribution >= 4 is 16.9 Å². The van der Waals surface area contributed by atoms with Crippen LogP contribution >= 0.6 is 11.8 Å². The number of hydrogen-bond donors (Lipinski definition) is 1. The Labute approximate surface area is 81.4 Å². The third kappa shape index (κ3) is 1.05. The van der Waals surface area contributed by atoms with E-state index in [1.165, 1.54) is 15.8 Å².